The van der Waals surface area contributed by atoms with E-state index in [-0.39, 0.29) is 0 Å². The van der Waals surface area contributed by atoms with Crippen LogP contribution in [0, 0.1) is 5.92 Å². The molecule has 0 aliphatic heterocycles. The SMILES string of the molecule is CC(C)CCC(C)O[Si](C)(C)C(C)(C)C. The fraction of sp³-hybridized carbons (Fsp3) is 1.00. The first-order chi connectivity index (χ1) is 6.56. The molecule has 0 aliphatic rings. The highest BCUT2D eigenvalue weighted by Gasteiger charge is 2.38. The Morgan fingerprint density at radius 2 is 1.47 bits per heavy atom. The molecule has 0 heterocycles. The van der Waals surface area contributed by atoms with Gasteiger partial charge in [-0.3, -0.25) is 0 Å². The van der Waals surface area contributed by atoms with E-state index in [0.717, 1.165) is 5.92 Å². The molecule has 1 unspecified atom stereocenters. The Hall–Kier alpha value is 0.177. The number of rotatable bonds is 5. The van der Waals surface area contributed by atoms with Gasteiger partial charge in [0, 0.05) is 6.10 Å². The molecule has 0 amide bonds. The van der Waals surface area contributed by atoms with Crippen molar-refractivity contribution in [2.24, 2.45) is 5.92 Å². The van der Waals surface area contributed by atoms with Gasteiger partial charge < -0.3 is 4.43 Å². The number of hydrogen-bond donors (Lipinski definition) is 0. The lowest BCUT2D eigenvalue weighted by atomic mass is 10.1. The molecular formula is C13H30OSi. The molecule has 0 radical (unpaired) electrons. The summed E-state index contributed by atoms with van der Waals surface area (Å²) >= 11 is 0. The predicted octanol–water partition coefficient (Wildman–Crippen LogP) is 4.83. The van der Waals surface area contributed by atoms with Crippen molar-refractivity contribution in [2.45, 2.75) is 78.6 Å². The average molecular weight is 230 g/mol. The van der Waals surface area contributed by atoms with Gasteiger partial charge in [-0.1, -0.05) is 34.6 Å². The molecule has 1 atom stereocenters. The third kappa shape index (κ3) is 5.72. The first kappa shape index (κ1) is 15.2. The van der Waals surface area contributed by atoms with Gasteiger partial charge in [-0.2, -0.15) is 0 Å². The van der Waals surface area contributed by atoms with Gasteiger partial charge in [0.2, 0.25) is 0 Å². The second kappa shape index (κ2) is 5.49. The standard InChI is InChI=1S/C13H30OSi/c1-11(2)9-10-12(3)14-15(7,8)13(4,5)6/h11-12H,9-10H2,1-8H3. The molecule has 0 rings (SSSR count). The summed E-state index contributed by atoms with van der Waals surface area (Å²) in [6.45, 7) is 18.3. The Balaban J connectivity index is 4.11. The highest BCUT2D eigenvalue weighted by Crippen LogP contribution is 2.37. The van der Waals surface area contributed by atoms with Crippen LogP contribution >= 0.6 is 0 Å². The maximum Gasteiger partial charge on any atom is 0.192 e. The zero-order valence-corrected chi connectivity index (χ0v) is 13.0. The van der Waals surface area contributed by atoms with Gasteiger partial charge in [0.05, 0.1) is 0 Å². The Bertz CT molecular complexity index is 179. The molecule has 0 N–H and O–H groups in total. The van der Waals surface area contributed by atoms with Gasteiger partial charge >= 0.3 is 0 Å². The zero-order chi connectivity index (χ0) is 12.3. The lowest BCUT2D eigenvalue weighted by molar-refractivity contribution is 0.181. The Morgan fingerprint density at radius 1 is 1.00 bits per heavy atom. The molecule has 92 valence electrons. The molecule has 0 aromatic rings. The zero-order valence-electron chi connectivity index (χ0n) is 12.0. The van der Waals surface area contributed by atoms with Gasteiger partial charge in [-0.05, 0) is 43.8 Å². The summed E-state index contributed by atoms with van der Waals surface area (Å²) in [6, 6.07) is 0. The second-order valence-corrected chi connectivity index (χ2v) is 11.4. The maximum absolute atomic E-state index is 6.29. The Morgan fingerprint density at radius 3 is 1.80 bits per heavy atom. The van der Waals surface area contributed by atoms with Crippen molar-refractivity contribution in [2.75, 3.05) is 0 Å². The van der Waals surface area contributed by atoms with Crippen LogP contribution in [0.15, 0.2) is 0 Å². The van der Waals surface area contributed by atoms with E-state index in [4.69, 9.17) is 4.43 Å². The van der Waals surface area contributed by atoms with Crippen LogP contribution in [-0.2, 0) is 4.43 Å². The minimum Gasteiger partial charge on any atom is -0.414 e. The van der Waals surface area contributed by atoms with Gasteiger partial charge in [-0.25, -0.2) is 0 Å². The highest BCUT2D eigenvalue weighted by molar-refractivity contribution is 6.74. The first-order valence-corrected chi connectivity index (χ1v) is 9.15. The van der Waals surface area contributed by atoms with Crippen molar-refractivity contribution in [1.29, 1.82) is 0 Å². The van der Waals surface area contributed by atoms with E-state index in [1.54, 1.807) is 0 Å². The molecule has 0 aliphatic carbocycles. The average Bonchev–Trinajstić information content (AvgIpc) is 1.97. The van der Waals surface area contributed by atoms with Crippen molar-refractivity contribution < 1.29 is 4.43 Å². The highest BCUT2D eigenvalue weighted by atomic mass is 28.4. The lowest BCUT2D eigenvalue weighted by Gasteiger charge is -2.38. The van der Waals surface area contributed by atoms with E-state index >= 15 is 0 Å². The Labute approximate surface area is 97.7 Å². The van der Waals surface area contributed by atoms with Gasteiger partial charge in [-0.15, -0.1) is 0 Å². The summed E-state index contributed by atoms with van der Waals surface area (Å²) in [4.78, 5) is 0. The van der Waals surface area contributed by atoms with Crippen LogP contribution in [0.3, 0.4) is 0 Å². The molecule has 0 aromatic carbocycles. The van der Waals surface area contributed by atoms with Gasteiger partial charge in [0.1, 0.15) is 0 Å². The summed E-state index contributed by atoms with van der Waals surface area (Å²) in [5.74, 6) is 0.787. The lowest BCUT2D eigenvalue weighted by Crippen LogP contribution is -2.43. The molecular weight excluding hydrogens is 200 g/mol. The van der Waals surface area contributed by atoms with Crippen LogP contribution in [0.25, 0.3) is 0 Å². The third-order valence-electron chi connectivity index (χ3n) is 3.45. The number of hydrogen-bond acceptors (Lipinski definition) is 1. The molecule has 0 saturated carbocycles. The fourth-order valence-electron chi connectivity index (χ4n) is 1.31. The van der Waals surface area contributed by atoms with Crippen molar-refractivity contribution in [3.8, 4) is 0 Å². The molecule has 0 fully saturated rings. The van der Waals surface area contributed by atoms with Crippen molar-refractivity contribution in [3.63, 3.8) is 0 Å². The van der Waals surface area contributed by atoms with E-state index in [1.807, 2.05) is 0 Å². The fourth-order valence-corrected chi connectivity index (χ4v) is 2.78. The van der Waals surface area contributed by atoms with Crippen LogP contribution in [0.5, 0.6) is 0 Å². The summed E-state index contributed by atoms with van der Waals surface area (Å²) in [5, 5.41) is 0.332. The monoisotopic (exact) mass is 230 g/mol. The van der Waals surface area contributed by atoms with Crippen LogP contribution in [0.4, 0.5) is 0 Å². The van der Waals surface area contributed by atoms with Gasteiger partial charge in [0.25, 0.3) is 0 Å². The molecule has 0 aromatic heterocycles. The van der Waals surface area contributed by atoms with Crippen LogP contribution in [0.1, 0.15) is 54.4 Å². The van der Waals surface area contributed by atoms with E-state index in [1.165, 1.54) is 12.8 Å². The molecule has 0 spiro atoms. The molecule has 2 heteroatoms. The van der Waals surface area contributed by atoms with Crippen molar-refractivity contribution in [3.05, 3.63) is 0 Å². The van der Waals surface area contributed by atoms with E-state index in [2.05, 4.69) is 54.6 Å². The summed E-state index contributed by atoms with van der Waals surface area (Å²) in [5.41, 5.74) is 0. The van der Waals surface area contributed by atoms with Crippen molar-refractivity contribution in [1.82, 2.24) is 0 Å². The topological polar surface area (TPSA) is 9.23 Å². The third-order valence-corrected chi connectivity index (χ3v) is 8.06. The molecule has 0 bridgehead atoms. The molecule has 15 heavy (non-hydrogen) atoms. The molecule has 1 nitrogen and oxygen atoms in total. The minimum absolute atomic E-state index is 0.332. The van der Waals surface area contributed by atoms with Crippen LogP contribution in [0.2, 0.25) is 18.1 Å². The largest absolute Gasteiger partial charge is 0.414 e. The van der Waals surface area contributed by atoms with E-state index in [0.29, 0.717) is 11.1 Å². The van der Waals surface area contributed by atoms with E-state index < -0.39 is 8.32 Å². The summed E-state index contributed by atoms with van der Waals surface area (Å²) < 4.78 is 6.29. The Kier molecular flexibility index (Phi) is 5.55. The predicted molar refractivity (Wildman–Crippen MR) is 71.8 cm³/mol. The van der Waals surface area contributed by atoms with Crippen molar-refractivity contribution >= 4 is 8.32 Å². The summed E-state index contributed by atoms with van der Waals surface area (Å²) in [7, 11) is -1.54. The quantitative estimate of drug-likeness (QED) is 0.615. The smallest absolute Gasteiger partial charge is 0.192 e. The normalized spacial score (nSPS) is 15.8. The first-order valence-electron chi connectivity index (χ1n) is 6.24. The minimum atomic E-state index is -1.54. The van der Waals surface area contributed by atoms with Crippen LogP contribution in [-0.4, -0.2) is 14.4 Å². The summed E-state index contributed by atoms with van der Waals surface area (Å²) in [6.07, 6.45) is 2.90. The van der Waals surface area contributed by atoms with Gasteiger partial charge in [0.15, 0.2) is 8.32 Å². The maximum atomic E-state index is 6.29. The second-order valence-electron chi connectivity index (χ2n) is 6.66. The van der Waals surface area contributed by atoms with Crippen LogP contribution < -0.4 is 0 Å². The molecule has 0 saturated heterocycles. The van der Waals surface area contributed by atoms with E-state index in [9.17, 15) is 0 Å².